The average molecular weight is 390 g/mol. The van der Waals surface area contributed by atoms with E-state index in [0.29, 0.717) is 13.2 Å². The number of benzene rings is 1. The van der Waals surface area contributed by atoms with Crippen LogP contribution in [0.5, 0.6) is 0 Å². The quantitative estimate of drug-likeness (QED) is 0.372. The van der Waals surface area contributed by atoms with E-state index in [1.54, 1.807) is 6.20 Å². The summed E-state index contributed by atoms with van der Waals surface area (Å²) in [5, 5.41) is 11.8. The molecule has 1 aliphatic carbocycles. The number of nitrogens with one attached hydrogen (secondary N) is 2. The van der Waals surface area contributed by atoms with Gasteiger partial charge in [-0.25, -0.2) is 0 Å². The van der Waals surface area contributed by atoms with E-state index >= 15 is 0 Å². The van der Waals surface area contributed by atoms with E-state index in [1.807, 2.05) is 41.2 Å². The molecule has 146 valence electrons. The summed E-state index contributed by atoms with van der Waals surface area (Å²) in [6, 6.07) is 9.79. The largest absolute Gasteiger partial charge is 0.379 e. The third-order valence-electron chi connectivity index (χ3n) is 4.45. The Labute approximate surface area is 166 Å². The van der Waals surface area contributed by atoms with Crippen LogP contribution in [0.1, 0.15) is 31.4 Å². The van der Waals surface area contributed by atoms with Crippen molar-refractivity contribution in [1.29, 1.82) is 0 Å². The Morgan fingerprint density at radius 1 is 1.33 bits per heavy atom. The molecule has 1 unspecified atom stereocenters. The van der Waals surface area contributed by atoms with Crippen molar-refractivity contribution in [3.8, 4) is 0 Å². The Morgan fingerprint density at radius 3 is 2.81 bits per heavy atom. The van der Waals surface area contributed by atoms with E-state index in [1.165, 1.54) is 12.8 Å². The second-order valence-corrected chi connectivity index (χ2v) is 7.15. The van der Waals surface area contributed by atoms with Gasteiger partial charge in [0, 0.05) is 37.1 Å². The van der Waals surface area contributed by atoms with E-state index in [4.69, 9.17) is 21.3 Å². The minimum Gasteiger partial charge on any atom is -0.379 e. The maximum Gasteiger partial charge on any atom is 0.191 e. The van der Waals surface area contributed by atoms with Gasteiger partial charge < -0.3 is 15.4 Å². The molecule has 2 aromatic rings. The van der Waals surface area contributed by atoms with Crippen molar-refractivity contribution in [3.63, 3.8) is 0 Å². The molecule has 27 heavy (non-hydrogen) atoms. The topological polar surface area (TPSA) is 63.5 Å². The normalized spacial score (nSPS) is 15.6. The van der Waals surface area contributed by atoms with Crippen molar-refractivity contribution < 1.29 is 4.74 Å². The van der Waals surface area contributed by atoms with Crippen LogP contribution in [0.2, 0.25) is 5.02 Å². The van der Waals surface area contributed by atoms with Crippen LogP contribution in [0, 0.1) is 5.92 Å². The van der Waals surface area contributed by atoms with Crippen LogP contribution in [-0.4, -0.2) is 48.6 Å². The highest BCUT2D eigenvalue weighted by atomic mass is 35.5. The van der Waals surface area contributed by atoms with E-state index in [0.717, 1.165) is 42.2 Å². The molecule has 3 rings (SSSR count). The Hall–Kier alpha value is -2.05. The Kier molecular flexibility index (Phi) is 7.54. The van der Waals surface area contributed by atoms with Crippen molar-refractivity contribution in [3.05, 3.63) is 53.3 Å². The van der Waals surface area contributed by atoms with Crippen LogP contribution < -0.4 is 10.6 Å². The number of nitrogens with zero attached hydrogens (tertiary/aromatic N) is 3. The van der Waals surface area contributed by atoms with Crippen LogP contribution in [0.4, 0.5) is 0 Å². The predicted octanol–water partition coefficient (Wildman–Crippen LogP) is 3.11. The molecule has 0 aliphatic heterocycles. The molecular formula is C20H28ClN5O. The molecule has 7 heteroatoms. The van der Waals surface area contributed by atoms with Crippen LogP contribution >= 0.6 is 11.6 Å². The summed E-state index contributed by atoms with van der Waals surface area (Å²) in [5.41, 5.74) is 1.12. The number of hydrogen-bond donors (Lipinski definition) is 2. The molecule has 1 aliphatic rings. The second-order valence-electron chi connectivity index (χ2n) is 6.72. The minimum absolute atomic E-state index is 0.0128. The van der Waals surface area contributed by atoms with Gasteiger partial charge in [0.2, 0.25) is 0 Å². The molecule has 2 N–H and O–H groups in total. The molecule has 1 aromatic heterocycles. The molecule has 0 bridgehead atoms. The lowest BCUT2D eigenvalue weighted by Crippen LogP contribution is -2.39. The van der Waals surface area contributed by atoms with Gasteiger partial charge in [-0.2, -0.15) is 5.10 Å². The molecule has 1 saturated carbocycles. The van der Waals surface area contributed by atoms with E-state index < -0.39 is 0 Å². The highest BCUT2D eigenvalue weighted by Crippen LogP contribution is 2.28. The van der Waals surface area contributed by atoms with Crippen molar-refractivity contribution in [2.75, 3.05) is 32.8 Å². The SMILES string of the molecule is CCNC(=NCC(c1ccc(Cl)cc1)n1cccn1)NCCOCC1CC1. The summed E-state index contributed by atoms with van der Waals surface area (Å²) in [4.78, 5) is 4.76. The molecule has 0 amide bonds. The summed E-state index contributed by atoms with van der Waals surface area (Å²) < 4.78 is 7.60. The first-order valence-corrected chi connectivity index (χ1v) is 9.98. The fourth-order valence-electron chi connectivity index (χ4n) is 2.79. The van der Waals surface area contributed by atoms with Crippen LogP contribution in [0.3, 0.4) is 0 Å². The van der Waals surface area contributed by atoms with Crippen molar-refractivity contribution in [1.82, 2.24) is 20.4 Å². The fraction of sp³-hybridized carbons (Fsp3) is 0.500. The first-order valence-electron chi connectivity index (χ1n) is 9.60. The molecule has 0 spiro atoms. The zero-order valence-corrected chi connectivity index (χ0v) is 16.5. The number of aromatic nitrogens is 2. The average Bonchev–Trinajstić information content (AvgIpc) is 3.34. The number of aliphatic imine (C=N–C) groups is 1. The Bertz CT molecular complexity index is 698. The minimum atomic E-state index is 0.0128. The summed E-state index contributed by atoms with van der Waals surface area (Å²) in [6.45, 7) is 5.76. The molecule has 0 saturated heterocycles. The summed E-state index contributed by atoms with van der Waals surface area (Å²) >= 11 is 6.03. The Balaban J connectivity index is 1.59. The first kappa shape index (κ1) is 19.7. The first-order chi connectivity index (χ1) is 13.3. The highest BCUT2D eigenvalue weighted by molar-refractivity contribution is 6.30. The lowest BCUT2D eigenvalue weighted by Gasteiger charge is -2.18. The molecule has 1 fully saturated rings. The molecule has 1 aromatic carbocycles. The van der Waals surface area contributed by atoms with Crippen molar-refractivity contribution in [2.45, 2.75) is 25.8 Å². The molecule has 6 nitrogen and oxygen atoms in total. The zero-order valence-electron chi connectivity index (χ0n) is 15.8. The molecule has 1 atom stereocenters. The molecular weight excluding hydrogens is 362 g/mol. The van der Waals surface area contributed by atoms with E-state index in [9.17, 15) is 0 Å². The van der Waals surface area contributed by atoms with Gasteiger partial charge in [-0.3, -0.25) is 9.67 Å². The molecule has 1 heterocycles. The lowest BCUT2D eigenvalue weighted by molar-refractivity contribution is 0.129. The Morgan fingerprint density at radius 2 is 2.15 bits per heavy atom. The van der Waals surface area contributed by atoms with Gasteiger partial charge >= 0.3 is 0 Å². The maximum atomic E-state index is 6.03. The smallest absolute Gasteiger partial charge is 0.191 e. The van der Waals surface area contributed by atoms with Gasteiger partial charge in [-0.15, -0.1) is 0 Å². The van der Waals surface area contributed by atoms with Gasteiger partial charge in [0.25, 0.3) is 0 Å². The lowest BCUT2D eigenvalue weighted by atomic mass is 10.1. The summed E-state index contributed by atoms with van der Waals surface area (Å²) in [6.07, 6.45) is 6.38. The standard InChI is InChI=1S/C20H28ClN5O/c1-2-22-20(23-11-13-27-15-16-4-5-16)24-14-19(26-12-3-10-25-26)17-6-8-18(21)9-7-17/h3,6-10,12,16,19H,2,4-5,11,13-15H2,1H3,(H2,22,23,24). The summed E-state index contributed by atoms with van der Waals surface area (Å²) in [5.74, 6) is 1.58. The van der Waals surface area contributed by atoms with E-state index in [-0.39, 0.29) is 6.04 Å². The number of halogens is 1. The zero-order chi connectivity index (χ0) is 18.9. The van der Waals surface area contributed by atoms with Crippen LogP contribution in [0.15, 0.2) is 47.7 Å². The van der Waals surface area contributed by atoms with Gasteiger partial charge in [0.05, 0.1) is 19.2 Å². The monoisotopic (exact) mass is 389 g/mol. The van der Waals surface area contributed by atoms with Crippen LogP contribution in [0.25, 0.3) is 0 Å². The van der Waals surface area contributed by atoms with Crippen LogP contribution in [-0.2, 0) is 4.74 Å². The molecule has 0 radical (unpaired) electrons. The van der Waals surface area contributed by atoms with Crippen molar-refractivity contribution in [2.24, 2.45) is 10.9 Å². The number of guanidine groups is 1. The van der Waals surface area contributed by atoms with Gasteiger partial charge in [0.1, 0.15) is 0 Å². The van der Waals surface area contributed by atoms with Gasteiger partial charge in [0.15, 0.2) is 5.96 Å². The number of hydrogen-bond acceptors (Lipinski definition) is 3. The summed E-state index contributed by atoms with van der Waals surface area (Å²) in [7, 11) is 0. The second kappa shape index (κ2) is 10.3. The highest BCUT2D eigenvalue weighted by Gasteiger charge is 2.20. The number of rotatable bonds is 10. The van der Waals surface area contributed by atoms with E-state index in [2.05, 4.69) is 22.7 Å². The van der Waals surface area contributed by atoms with Gasteiger partial charge in [-0.1, -0.05) is 23.7 Å². The van der Waals surface area contributed by atoms with Gasteiger partial charge in [-0.05, 0) is 49.4 Å². The fourth-order valence-corrected chi connectivity index (χ4v) is 2.91. The predicted molar refractivity (Wildman–Crippen MR) is 109 cm³/mol. The third kappa shape index (κ3) is 6.56. The number of ether oxygens (including phenoxy) is 1. The van der Waals surface area contributed by atoms with Crippen molar-refractivity contribution >= 4 is 17.6 Å². The third-order valence-corrected chi connectivity index (χ3v) is 4.71. The maximum absolute atomic E-state index is 6.03.